The third kappa shape index (κ3) is 6.34. The molecule has 0 atom stereocenters. The van der Waals surface area contributed by atoms with Crippen LogP contribution in [0.1, 0.15) is 27.7 Å². The number of fused-ring (bicyclic) bond motifs is 3. The number of hydrogen-bond acceptors (Lipinski definition) is 6. The van der Waals surface area contributed by atoms with E-state index in [1.54, 1.807) is 0 Å². The summed E-state index contributed by atoms with van der Waals surface area (Å²) in [5, 5.41) is 3.94. The minimum atomic E-state index is -0.360. The van der Waals surface area contributed by atoms with E-state index >= 15 is 0 Å². The van der Waals surface area contributed by atoms with Crippen molar-refractivity contribution < 1.29 is 8.83 Å². The SMILES string of the molecule is CCN(CC)c1ccc2cc(-c3cccc(-c4cccc5c(-c6cccc(-c7cc8ccc(N(CC)CC)cc8oc7=O)c6)cccc45)c3)c(=O)oc2c1. The highest BCUT2D eigenvalue weighted by atomic mass is 16.4. The lowest BCUT2D eigenvalue weighted by Gasteiger charge is -2.21. The number of anilines is 2. The highest BCUT2D eigenvalue weighted by Gasteiger charge is 2.15. The molecule has 0 radical (unpaired) electrons. The summed E-state index contributed by atoms with van der Waals surface area (Å²) in [7, 11) is 0. The first-order chi connectivity index (χ1) is 26.4. The molecule has 0 saturated carbocycles. The van der Waals surface area contributed by atoms with E-state index in [4.69, 9.17) is 8.83 Å². The highest BCUT2D eigenvalue weighted by Crippen LogP contribution is 2.37. The van der Waals surface area contributed by atoms with Gasteiger partial charge in [0.05, 0.1) is 11.1 Å². The zero-order valence-electron chi connectivity index (χ0n) is 31.1. The van der Waals surface area contributed by atoms with Crippen molar-refractivity contribution in [2.24, 2.45) is 0 Å². The van der Waals surface area contributed by atoms with Crippen LogP contribution in [0.3, 0.4) is 0 Å². The second kappa shape index (κ2) is 14.6. The van der Waals surface area contributed by atoms with Crippen LogP contribution in [0.5, 0.6) is 0 Å². The van der Waals surface area contributed by atoms with E-state index in [2.05, 4.69) is 110 Å². The van der Waals surface area contributed by atoms with Gasteiger partial charge in [0.25, 0.3) is 0 Å². The molecule has 0 fully saturated rings. The minimum absolute atomic E-state index is 0.360. The van der Waals surface area contributed by atoms with Crippen molar-refractivity contribution in [2.45, 2.75) is 27.7 Å². The maximum absolute atomic E-state index is 13.4. The average Bonchev–Trinajstić information content (AvgIpc) is 3.21. The molecule has 0 unspecified atom stereocenters. The molecule has 6 nitrogen and oxygen atoms in total. The van der Waals surface area contributed by atoms with Crippen molar-refractivity contribution in [3.8, 4) is 44.5 Å². The lowest BCUT2D eigenvalue weighted by Crippen LogP contribution is -2.21. The van der Waals surface area contributed by atoms with Crippen LogP contribution in [0.25, 0.3) is 77.2 Å². The lowest BCUT2D eigenvalue weighted by atomic mass is 9.91. The van der Waals surface area contributed by atoms with Gasteiger partial charge in [0, 0.05) is 60.5 Å². The minimum Gasteiger partial charge on any atom is -0.422 e. The standard InChI is InChI=1S/C48H42N2O4/c1-5-49(6-2)37-23-21-35-27-43(47(51)53-45(35)29-37)33-15-9-13-31(25-33)39-17-11-20-42-40(18-12-19-41(39)42)32-14-10-16-34(26-32)44-28-36-22-24-38(50(7-3)8-4)30-46(36)54-48(44)52/h9-30H,5-8H2,1-4H3. The highest BCUT2D eigenvalue weighted by molar-refractivity contribution is 6.05. The van der Waals surface area contributed by atoms with Gasteiger partial charge in [-0.25, -0.2) is 9.59 Å². The first-order valence-electron chi connectivity index (χ1n) is 18.8. The second-order valence-corrected chi connectivity index (χ2v) is 13.6. The largest absolute Gasteiger partial charge is 0.422 e. The zero-order valence-corrected chi connectivity index (χ0v) is 31.1. The van der Waals surface area contributed by atoms with Gasteiger partial charge in [0.2, 0.25) is 0 Å². The van der Waals surface area contributed by atoms with Crippen molar-refractivity contribution in [2.75, 3.05) is 36.0 Å². The first-order valence-corrected chi connectivity index (χ1v) is 18.8. The van der Waals surface area contributed by atoms with Gasteiger partial charge in [-0.05, 0) is 120 Å². The fraction of sp³-hybridized carbons (Fsp3) is 0.167. The summed E-state index contributed by atoms with van der Waals surface area (Å²) >= 11 is 0. The predicted octanol–water partition coefficient (Wildman–Crippen LogP) is 11.4. The summed E-state index contributed by atoms with van der Waals surface area (Å²) in [6.07, 6.45) is 0. The summed E-state index contributed by atoms with van der Waals surface area (Å²) < 4.78 is 11.8. The quantitative estimate of drug-likeness (QED) is 0.132. The second-order valence-electron chi connectivity index (χ2n) is 13.6. The van der Waals surface area contributed by atoms with Crippen molar-refractivity contribution in [3.05, 3.63) is 154 Å². The molecule has 6 heteroatoms. The summed E-state index contributed by atoms with van der Waals surface area (Å²) in [6.45, 7) is 12.0. The maximum atomic E-state index is 13.4. The molecule has 0 aliphatic carbocycles. The third-order valence-corrected chi connectivity index (χ3v) is 10.6. The Morgan fingerprint density at radius 1 is 0.407 bits per heavy atom. The molecule has 0 amide bonds. The zero-order chi connectivity index (χ0) is 37.3. The van der Waals surface area contributed by atoms with Gasteiger partial charge in [0.1, 0.15) is 11.2 Å². The summed E-state index contributed by atoms with van der Waals surface area (Å²) in [4.78, 5) is 31.2. The number of benzene rings is 6. The van der Waals surface area contributed by atoms with Gasteiger partial charge in [0.15, 0.2) is 0 Å². The molecule has 0 bridgehead atoms. The van der Waals surface area contributed by atoms with Crippen LogP contribution >= 0.6 is 0 Å². The van der Waals surface area contributed by atoms with Crippen LogP contribution in [0, 0.1) is 0 Å². The maximum Gasteiger partial charge on any atom is 0.344 e. The molecule has 8 rings (SSSR count). The van der Waals surface area contributed by atoms with E-state index in [1.807, 2.05) is 60.7 Å². The average molecular weight is 711 g/mol. The van der Waals surface area contributed by atoms with E-state index in [0.717, 1.165) is 92.5 Å². The Morgan fingerprint density at radius 2 is 0.778 bits per heavy atom. The molecule has 268 valence electrons. The molecule has 0 spiro atoms. The van der Waals surface area contributed by atoms with E-state index in [1.165, 1.54) is 0 Å². The molecular weight excluding hydrogens is 669 g/mol. The van der Waals surface area contributed by atoms with Crippen LogP contribution in [0.4, 0.5) is 11.4 Å². The van der Waals surface area contributed by atoms with Gasteiger partial charge in [-0.15, -0.1) is 0 Å². The summed E-state index contributed by atoms with van der Waals surface area (Å²) in [5.41, 5.74) is 9.29. The Morgan fingerprint density at radius 3 is 1.17 bits per heavy atom. The molecule has 54 heavy (non-hydrogen) atoms. The molecule has 6 aromatic carbocycles. The number of nitrogens with zero attached hydrogens (tertiary/aromatic N) is 2. The van der Waals surface area contributed by atoms with Crippen LogP contribution in [0.15, 0.2) is 152 Å². The number of rotatable bonds is 10. The Kier molecular flexibility index (Phi) is 9.34. The van der Waals surface area contributed by atoms with Crippen molar-refractivity contribution in [1.82, 2.24) is 0 Å². The fourth-order valence-corrected chi connectivity index (χ4v) is 7.70. The Labute approximate surface area is 314 Å². The molecule has 8 aromatic rings. The van der Waals surface area contributed by atoms with Gasteiger partial charge >= 0.3 is 11.3 Å². The van der Waals surface area contributed by atoms with Crippen molar-refractivity contribution in [1.29, 1.82) is 0 Å². The number of hydrogen-bond donors (Lipinski definition) is 0. The van der Waals surface area contributed by atoms with Crippen LogP contribution < -0.4 is 21.1 Å². The summed E-state index contributed by atoms with van der Waals surface area (Å²) in [6, 6.07) is 44.8. The first kappa shape index (κ1) is 34.7. The topological polar surface area (TPSA) is 66.9 Å². The fourth-order valence-electron chi connectivity index (χ4n) is 7.70. The predicted molar refractivity (Wildman–Crippen MR) is 225 cm³/mol. The molecular formula is C48H42N2O4. The lowest BCUT2D eigenvalue weighted by molar-refractivity contribution is 0.563. The van der Waals surface area contributed by atoms with E-state index in [-0.39, 0.29) is 11.3 Å². The Balaban J connectivity index is 1.16. The van der Waals surface area contributed by atoms with E-state index < -0.39 is 0 Å². The van der Waals surface area contributed by atoms with Crippen LogP contribution in [-0.4, -0.2) is 26.2 Å². The van der Waals surface area contributed by atoms with E-state index in [0.29, 0.717) is 22.3 Å². The molecule has 2 aromatic heterocycles. The normalized spacial score (nSPS) is 11.4. The summed E-state index contributed by atoms with van der Waals surface area (Å²) in [5.74, 6) is 0. The van der Waals surface area contributed by atoms with Crippen LogP contribution in [0.2, 0.25) is 0 Å². The molecule has 0 aliphatic rings. The van der Waals surface area contributed by atoms with Crippen molar-refractivity contribution in [3.63, 3.8) is 0 Å². The van der Waals surface area contributed by atoms with Gasteiger partial charge in [-0.2, -0.15) is 0 Å². The van der Waals surface area contributed by atoms with Gasteiger partial charge in [-0.1, -0.05) is 72.8 Å². The Hall–Kier alpha value is -6.40. The molecule has 0 aliphatic heterocycles. The molecule has 0 N–H and O–H groups in total. The van der Waals surface area contributed by atoms with Crippen LogP contribution in [-0.2, 0) is 0 Å². The van der Waals surface area contributed by atoms with Gasteiger partial charge in [-0.3, -0.25) is 0 Å². The Bertz CT molecular complexity index is 2600. The van der Waals surface area contributed by atoms with Gasteiger partial charge < -0.3 is 18.6 Å². The molecule has 0 saturated heterocycles. The van der Waals surface area contributed by atoms with E-state index in [9.17, 15) is 9.59 Å². The monoisotopic (exact) mass is 710 g/mol. The van der Waals surface area contributed by atoms with Crippen molar-refractivity contribution >= 4 is 44.1 Å². The third-order valence-electron chi connectivity index (χ3n) is 10.6. The molecule has 2 heterocycles. The smallest absolute Gasteiger partial charge is 0.344 e.